The van der Waals surface area contributed by atoms with Gasteiger partial charge in [-0.15, -0.1) is 0 Å². The first-order chi connectivity index (χ1) is 8.19. The quantitative estimate of drug-likeness (QED) is 0.794. The average molecular weight is 230 g/mol. The zero-order valence-corrected chi connectivity index (χ0v) is 8.82. The van der Waals surface area contributed by atoms with Crippen molar-refractivity contribution in [3.05, 3.63) is 53.7 Å². The summed E-state index contributed by atoms with van der Waals surface area (Å²) in [6.07, 6.45) is 1.76. The van der Waals surface area contributed by atoms with Crippen LogP contribution in [-0.2, 0) is 6.42 Å². The van der Waals surface area contributed by atoms with E-state index >= 15 is 0 Å². The van der Waals surface area contributed by atoms with Crippen molar-refractivity contribution in [2.24, 2.45) is 0 Å². The summed E-state index contributed by atoms with van der Waals surface area (Å²) < 4.78 is 26.1. The van der Waals surface area contributed by atoms with E-state index in [1.807, 2.05) is 6.07 Å². The lowest BCUT2D eigenvalue weighted by Crippen LogP contribution is -1.89. The predicted molar refractivity (Wildman–Crippen MR) is 58.9 cm³/mol. The maximum atomic E-state index is 13.0. The molecule has 17 heavy (non-hydrogen) atoms. The fraction of sp³-hybridized carbons (Fsp3) is 0.0769. The van der Waals surface area contributed by atoms with E-state index in [0.29, 0.717) is 11.3 Å². The minimum Gasteiger partial charge on any atom is -0.256 e. The highest BCUT2D eigenvalue weighted by Gasteiger charge is 2.05. The fourth-order valence-corrected chi connectivity index (χ4v) is 1.54. The molecule has 84 valence electrons. The monoisotopic (exact) mass is 230 g/mol. The Morgan fingerprint density at radius 1 is 1.12 bits per heavy atom. The van der Waals surface area contributed by atoms with E-state index in [4.69, 9.17) is 5.26 Å². The van der Waals surface area contributed by atoms with Crippen molar-refractivity contribution in [3.8, 4) is 17.3 Å². The molecule has 0 saturated carbocycles. The molecule has 4 heteroatoms. The highest BCUT2D eigenvalue weighted by Crippen LogP contribution is 2.20. The van der Waals surface area contributed by atoms with Gasteiger partial charge in [-0.25, -0.2) is 8.78 Å². The zero-order valence-electron chi connectivity index (χ0n) is 8.82. The third kappa shape index (κ3) is 2.64. The molecule has 0 aliphatic heterocycles. The van der Waals surface area contributed by atoms with E-state index in [9.17, 15) is 8.78 Å². The number of halogens is 2. The van der Waals surface area contributed by atoms with E-state index in [-0.39, 0.29) is 6.42 Å². The summed E-state index contributed by atoms with van der Waals surface area (Å²) >= 11 is 0. The number of aromatic nitrogens is 1. The van der Waals surface area contributed by atoms with Crippen LogP contribution in [0.15, 0.2) is 36.5 Å². The van der Waals surface area contributed by atoms with Crippen LogP contribution in [0.4, 0.5) is 8.78 Å². The Balaban J connectivity index is 2.45. The summed E-state index contributed by atoms with van der Waals surface area (Å²) in [5, 5.41) is 8.58. The molecule has 0 N–H and O–H groups in total. The first-order valence-electron chi connectivity index (χ1n) is 4.97. The minimum atomic E-state index is -0.646. The smallest absolute Gasteiger partial charge is 0.126 e. The normalized spacial score (nSPS) is 9.94. The van der Waals surface area contributed by atoms with E-state index in [1.54, 1.807) is 12.1 Å². The third-order valence-corrected chi connectivity index (χ3v) is 2.27. The first-order valence-corrected chi connectivity index (χ1v) is 4.97. The van der Waals surface area contributed by atoms with Crippen LogP contribution < -0.4 is 0 Å². The predicted octanol–water partition coefficient (Wildman–Crippen LogP) is 3.09. The molecule has 2 rings (SSSR count). The van der Waals surface area contributed by atoms with Gasteiger partial charge in [0.1, 0.15) is 11.6 Å². The molecule has 0 atom stereocenters. The van der Waals surface area contributed by atoms with Gasteiger partial charge in [-0.1, -0.05) is 0 Å². The molecule has 0 spiro atoms. The van der Waals surface area contributed by atoms with Gasteiger partial charge in [-0.2, -0.15) is 5.26 Å². The Hall–Kier alpha value is -2.28. The summed E-state index contributed by atoms with van der Waals surface area (Å²) in [6.45, 7) is 0. The van der Waals surface area contributed by atoms with Crippen molar-refractivity contribution in [2.45, 2.75) is 6.42 Å². The van der Waals surface area contributed by atoms with E-state index in [1.165, 1.54) is 18.3 Å². The SMILES string of the molecule is N#CCc1ccnc(-c2cc(F)cc(F)c2)c1. The highest BCUT2D eigenvalue weighted by atomic mass is 19.1. The molecule has 0 radical (unpaired) electrons. The van der Waals surface area contributed by atoms with E-state index < -0.39 is 11.6 Å². The van der Waals surface area contributed by atoms with Crippen molar-refractivity contribution in [3.63, 3.8) is 0 Å². The summed E-state index contributed by atoms with van der Waals surface area (Å²) in [5.74, 6) is -1.29. The van der Waals surface area contributed by atoms with Crippen LogP contribution in [-0.4, -0.2) is 4.98 Å². The number of pyridine rings is 1. The molecule has 0 unspecified atom stereocenters. The van der Waals surface area contributed by atoms with Crippen molar-refractivity contribution in [1.82, 2.24) is 4.98 Å². The first kappa shape index (κ1) is 11.2. The van der Waals surface area contributed by atoms with Gasteiger partial charge >= 0.3 is 0 Å². The van der Waals surface area contributed by atoms with Crippen LogP contribution in [0.25, 0.3) is 11.3 Å². The molecule has 1 heterocycles. The lowest BCUT2D eigenvalue weighted by molar-refractivity contribution is 0.584. The van der Waals surface area contributed by atoms with Crippen LogP contribution in [0.2, 0.25) is 0 Å². The van der Waals surface area contributed by atoms with Gasteiger partial charge in [0, 0.05) is 17.8 Å². The van der Waals surface area contributed by atoms with Crippen LogP contribution in [0, 0.1) is 23.0 Å². The van der Waals surface area contributed by atoms with Gasteiger partial charge in [0.25, 0.3) is 0 Å². The summed E-state index contributed by atoms with van der Waals surface area (Å²) in [7, 11) is 0. The number of nitriles is 1. The zero-order chi connectivity index (χ0) is 12.3. The second kappa shape index (κ2) is 4.71. The Morgan fingerprint density at radius 3 is 2.47 bits per heavy atom. The number of nitrogens with zero attached hydrogens (tertiary/aromatic N) is 2. The van der Waals surface area contributed by atoms with Crippen molar-refractivity contribution >= 4 is 0 Å². The third-order valence-electron chi connectivity index (χ3n) is 2.27. The Bertz CT molecular complexity index is 568. The molecule has 2 aromatic rings. The maximum absolute atomic E-state index is 13.0. The molecule has 0 bridgehead atoms. The molecule has 0 aliphatic rings. The molecule has 0 amide bonds. The van der Waals surface area contributed by atoms with Crippen molar-refractivity contribution < 1.29 is 8.78 Å². The molecule has 0 aliphatic carbocycles. The van der Waals surface area contributed by atoms with Gasteiger partial charge in [0.05, 0.1) is 18.2 Å². The molecular weight excluding hydrogens is 222 g/mol. The lowest BCUT2D eigenvalue weighted by atomic mass is 10.1. The lowest BCUT2D eigenvalue weighted by Gasteiger charge is -2.03. The average Bonchev–Trinajstić information content (AvgIpc) is 2.28. The van der Waals surface area contributed by atoms with E-state index in [0.717, 1.165) is 11.6 Å². The molecular formula is C13H8F2N2. The van der Waals surface area contributed by atoms with Gasteiger partial charge in [-0.3, -0.25) is 4.98 Å². The van der Waals surface area contributed by atoms with Gasteiger partial charge in [0.2, 0.25) is 0 Å². The molecule has 0 saturated heterocycles. The molecule has 0 fully saturated rings. The minimum absolute atomic E-state index is 0.243. The topological polar surface area (TPSA) is 36.7 Å². The Kier molecular flexibility index (Phi) is 3.10. The van der Waals surface area contributed by atoms with Gasteiger partial charge in [0.15, 0.2) is 0 Å². The van der Waals surface area contributed by atoms with Crippen molar-refractivity contribution in [2.75, 3.05) is 0 Å². The van der Waals surface area contributed by atoms with Gasteiger partial charge in [-0.05, 0) is 29.8 Å². The molecule has 1 aromatic heterocycles. The number of rotatable bonds is 2. The summed E-state index contributed by atoms with van der Waals surface area (Å²) in [4.78, 5) is 4.03. The van der Waals surface area contributed by atoms with Crippen LogP contribution in [0.5, 0.6) is 0 Å². The van der Waals surface area contributed by atoms with Crippen LogP contribution >= 0.6 is 0 Å². The number of hydrogen-bond acceptors (Lipinski definition) is 2. The van der Waals surface area contributed by atoms with E-state index in [2.05, 4.69) is 4.98 Å². The molecule has 2 nitrogen and oxygen atoms in total. The Labute approximate surface area is 97.2 Å². The van der Waals surface area contributed by atoms with Crippen LogP contribution in [0.3, 0.4) is 0 Å². The summed E-state index contributed by atoms with van der Waals surface area (Å²) in [5.41, 5.74) is 1.58. The molecule has 1 aromatic carbocycles. The number of benzene rings is 1. The maximum Gasteiger partial charge on any atom is 0.126 e. The Morgan fingerprint density at radius 2 is 1.82 bits per heavy atom. The van der Waals surface area contributed by atoms with Crippen LogP contribution in [0.1, 0.15) is 5.56 Å². The van der Waals surface area contributed by atoms with Crippen molar-refractivity contribution in [1.29, 1.82) is 5.26 Å². The number of hydrogen-bond donors (Lipinski definition) is 0. The second-order valence-corrected chi connectivity index (χ2v) is 3.54. The highest BCUT2D eigenvalue weighted by molar-refractivity contribution is 5.59. The fourth-order valence-electron chi connectivity index (χ4n) is 1.54. The second-order valence-electron chi connectivity index (χ2n) is 3.54. The standard InChI is InChI=1S/C13H8F2N2/c14-11-6-10(7-12(15)8-11)13-5-9(1-3-16)2-4-17-13/h2,4-8H,1H2. The summed E-state index contributed by atoms with van der Waals surface area (Å²) in [6, 6.07) is 8.58. The largest absolute Gasteiger partial charge is 0.256 e. The van der Waals surface area contributed by atoms with Gasteiger partial charge < -0.3 is 0 Å².